The summed E-state index contributed by atoms with van der Waals surface area (Å²) >= 11 is 3.40. The number of carbonyl (C=O) groups excluding carboxylic acids is 2. The average Bonchev–Trinajstić information content (AvgIpc) is 3.01. The van der Waals surface area contributed by atoms with Gasteiger partial charge in [-0.1, -0.05) is 33.3 Å². The minimum atomic E-state index is -0.350. The van der Waals surface area contributed by atoms with Crippen LogP contribution in [0.2, 0.25) is 0 Å². The molecule has 0 aromatic heterocycles. The van der Waals surface area contributed by atoms with Crippen molar-refractivity contribution in [1.29, 1.82) is 5.26 Å². The van der Waals surface area contributed by atoms with E-state index in [0.29, 0.717) is 45.7 Å². The molecule has 2 aliphatic heterocycles. The molecule has 9 heteroatoms. The van der Waals surface area contributed by atoms with Crippen LogP contribution in [0.3, 0.4) is 0 Å². The Kier molecular flexibility index (Phi) is 7.49. The summed E-state index contributed by atoms with van der Waals surface area (Å²) in [5.41, 5.74) is 2.32. The molecule has 2 heterocycles. The second kappa shape index (κ2) is 10.1. The molecule has 8 nitrogen and oxygen atoms in total. The first-order valence-corrected chi connectivity index (χ1v) is 11.7. The van der Waals surface area contributed by atoms with E-state index in [0.717, 1.165) is 25.7 Å². The van der Waals surface area contributed by atoms with E-state index in [4.69, 9.17) is 0 Å². The van der Waals surface area contributed by atoms with E-state index in [1.807, 2.05) is 13.8 Å². The van der Waals surface area contributed by atoms with Crippen molar-refractivity contribution in [3.63, 3.8) is 0 Å². The van der Waals surface area contributed by atoms with Gasteiger partial charge in [0.25, 0.3) is 11.8 Å². The number of hydrogen-bond donors (Lipinski definition) is 1. The second-order valence-corrected chi connectivity index (χ2v) is 8.75. The number of nitrogens with zero attached hydrogens (tertiary/aromatic N) is 5. The number of carbonyl (C=O) groups is 2. The molecule has 33 heavy (non-hydrogen) atoms. The molecule has 0 fully saturated rings. The highest BCUT2D eigenvalue weighted by Crippen LogP contribution is 2.37. The fraction of sp³-hybridized carbons (Fsp3) is 0.375. The van der Waals surface area contributed by atoms with Crippen LogP contribution in [0.15, 0.2) is 61.8 Å². The number of amides is 2. The molecule has 2 amide bonds. The summed E-state index contributed by atoms with van der Waals surface area (Å²) in [6, 6.07) is 5.23. The number of rotatable bonds is 8. The molecule has 172 valence electrons. The molecule has 0 saturated heterocycles. The Morgan fingerprint density at radius 2 is 1.64 bits per heavy atom. The number of allylic oxidation sites excluding steroid dienone is 2. The number of halogens is 1. The van der Waals surface area contributed by atoms with E-state index in [-0.39, 0.29) is 29.0 Å². The van der Waals surface area contributed by atoms with Crippen LogP contribution in [-0.4, -0.2) is 39.8 Å². The second-order valence-electron chi connectivity index (χ2n) is 7.90. The number of nitriles is 1. The van der Waals surface area contributed by atoms with Crippen molar-refractivity contribution in [2.45, 2.75) is 46.5 Å². The monoisotopic (exact) mass is 511 g/mol. The quantitative estimate of drug-likeness (QED) is 0.333. The molecule has 2 aliphatic rings. The lowest BCUT2D eigenvalue weighted by molar-refractivity contribution is 0.0652. The maximum absolute atomic E-state index is 12.8. The zero-order chi connectivity index (χ0) is 24.3. The van der Waals surface area contributed by atoms with Gasteiger partial charge in [0, 0.05) is 23.1 Å². The fourth-order valence-electron chi connectivity index (χ4n) is 3.72. The smallest absolute Gasteiger partial charge is 0.261 e. The van der Waals surface area contributed by atoms with Gasteiger partial charge in [0.05, 0.1) is 22.4 Å². The van der Waals surface area contributed by atoms with Gasteiger partial charge in [0.2, 0.25) is 5.88 Å². The van der Waals surface area contributed by atoms with Crippen molar-refractivity contribution in [3.8, 4) is 6.07 Å². The maximum Gasteiger partial charge on any atom is 0.261 e. The van der Waals surface area contributed by atoms with E-state index < -0.39 is 0 Å². The Morgan fingerprint density at radius 3 is 2.21 bits per heavy atom. The van der Waals surface area contributed by atoms with E-state index in [1.54, 1.807) is 17.9 Å². The highest BCUT2D eigenvalue weighted by atomic mass is 79.9. The van der Waals surface area contributed by atoms with Crippen molar-refractivity contribution in [2.75, 3.05) is 13.1 Å². The zero-order valence-electron chi connectivity index (χ0n) is 19.0. The summed E-state index contributed by atoms with van der Waals surface area (Å²) in [5, 5.41) is 28.9. The number of aliphatic hydroxyl groups excluding tert-OH is 1. The van der Waals surface area contributed by atoms with Crippen molar-refractivity contribution in [3.05, 3.63) is 62.7 Å². The summed E-state index contributed by atoms with van der Waals surface area (Å²) < 4.78 is 0.494. The molecule has 0 aliphatic carbocycles. The van der Waals surface area contributed by atoms with E-state index in [9.17, 15) is 20.0 Å². The van der Waals surface area contributed by atoms with Crippen LogP contribution in [0.4, 0.5) is 5.69 Å². The first-order chi connectivity index (χ1) is 15.8. The Hall–Kier alpha value is -3.25. The lowest BCUT2D eigenvalue weighted by Crippen LogP contribution is -2.30. The zero-order valence-corrected chi connectivity index (χ0v) is 20.6. The Labute approximate surface area is 201 Å². The molecule has 1 N–H and O–H groups in total. The lowest BCUT2D eigenvalue weighted by Gasteiger charge is -2.30. The van der Waals surface area contributed by atoms with Crippen molar-refractivity contribution >= 4 is 33.4 Å². The van der Waals surface area contributed by atoms with Gasteiger partial charge in [-0.2, -0.15) is 5.26 Å². The van der Waals surface area contributed by atoms with Gasteiger partial charge >= 0.3 is 0 Å². The number of imide groups is 1. The maximum atomic E-state index is 12.8. The van der Waals surface area contributed by atoms with Crippen molar-refractivity contribution < 1.29 is 14.7 Å². The van der Waals surface area contributed by atoms with Crippen LogP contribution in [-0.2, 0) is 0 Å². The fourth-order valence-corrected chi connectivity index (χ4v) is 4.14. The summed E-state index contributed by atoms with van der Waals surface area (Å²) in [4.78, 5) is 28.2. The SMILES string of the molecule is C=C1C(C#N)=C(C)C(N=Nc2cc3c(cc2Br)C(=O)N(CCCC)C3=O)=C(O)N1CCCC. The van der Waals surface area contributed by atoms with Crippen LogP contribution < -0.4 is 0 Å². The molecule has 0 bridgehead atoms. The van der Waals surface area contributed by atoms with Crippen molar-refractivity contribution in [2.24, 2.45) is 10.2 Å². The molecule has 3 rings (SSSR count). The van der Waals surface area contributed by atoms with Gasteiger partial charge in [-0.15, -0.1) is 10.2 Å². The Morgan fingerprint density at radius 1 is 1.06 bits per heavy atom. The van der Waals surface area contributed by atoms with Gasteiger partial charge in [-0.05, 0) is 47.8 Å². The minimum absolute atomic E-state index is 0.122. The topological polar surface area (TPSA) is 109 Å². The normalized spacial score (nSPS) is 16.4. The third-order valence-electron chi connectivity index (χ3n) is 5.69. The number of aliphatic hydroxyl groups is 1. The third kappa shape index (κ3) is 4.48. The first kappa shape index (κ1) is 24.4. The molecule has 0 spiro atoms. The third-order valence-corrected chi connectivity index (χ3v) is 6.33. The van der Waals surface area contributed by atoms with Crippen molar-refractivity contribution in [1.82, 2.24) is 9.80 Å². The highest BCUT2D eigenvalue weighted by Gasteiger charge is 2.36. The number of unbranched alkanes of at least 4 members (excludes halogenated alkanes) is 2. The molecule has 0 saturated carbocycles. The van der Waals surface area contributed by atoms with Crippen LogP contribution in [0.25, 0.3) is 0 Å². The molecular formula is C24H26BrN5O3. The summed E-state index contributed by atoms with van der Waals surface area (Å²) in [7, 11) is 0. The molecular weight excluding hydrogens is 486 g/mol. The van der Waals surface area contributed by atoms with Gasteiger partial charge < -0.3 is 10.0 Å². The summed E-state index contributed by atoms with van der Waals surface area (Å²) in [6.07, 6.45) is 3.31. The predicted molar refractivity (Wildman–Crippen MR) is 128 cm³/mol. The highest BCUT2D eigenvalue weighted by molar-refractivity contribution is 9.10. The van der Waals surface area contributed by atoms with Gasteiger partial charge in [-0.25, -0.2) is 0 Å². The van der Waals surface area contributed by atoms with Crippen LogP contribution in [0, 0.1) is 11.3 Å². The average molecular weight is 512 g/mol. The summed E-state index contributed by atoms with van der Waals surface area (Å²) in [6.45, 7) is 10.5. The summed E-state index contributed by atoms with van der Waals surface area (Å²) in [5.74, 6) is -0.789. The predicted octanol–water partition coefficient (Wildman–Crippen LogP) is 6.13. The first-order valence-electron chi connectivity index (χ1n) is 10.9. The number of fused-ring (bicyclic) bond motifs is 1. The number of benzene rings is 1. The van der Waals surface area contributed by atoms with E-state index in [1.165, 1.54) is 11.0 Å². The van der Waals surface area contributed by atoms with Gasteiger partial charge in [0.1, 0.15) is 17.5 Å². The molecule has 0 radical (unpaired) electrons. The standard InChI is InChI=1S/C24H26BrN5O3/c1-5-7-9-29-15(4)18(13-26)14(3)21(24(29)33)28-27-20-12-17-16(11-19(20)25)22(31)30(23(17)32)10-8-6-2/h11-12,33H,4-10H2,1-3H3. The van der Waals surface area contributed by atoms with Gasteiger partial charge in [-0.3, -0.25) is 14.5 Å². The van der Waals surface area contributed by atoms with E-state index in [2.05, 4.69) is 38.8 Å². The van der Waals surface area contributed by atoms with Crippen LogP contribution in [0.5, 0.6) is 0 Å². The van der Waals surface area contributed by atoms with Crippen LogP contribution in [0.1, 0.15) is 67.2 Å². The number of azo groups is 1. The Balaban J connectivity index is 1.99. The lowest BCUT2D eigenvalue weighted by atomic mass is 10.0. The molecule has 0 unspecified atom stereocenters. The Bertz CT molecular complexity index is 1160. The van der Waals surface area contributed by atoms with Crippen LogP contribution >= 0.6 is 15.9 Å². The molecule has 1 aromatic carbocycles. The number of hydrogen-bond acceptors (Lipinski definition) is 7. The minimum Gasteiger partial charge on any atom is -0.493 e. The van der Waals surface area contributed by atoms with E-state index >= 15 is 0 Å². The molecule has 1 aromatic rings. The van der Waals surface area contributed by atoms with Gasteiger partial charge in [0.15, 0.2) is 0 Å². The molecule has 0 atom stereocenters. The largest absolute Gasteiger partial charge is 0.493 e.